The molecule has 1 amide bonds. The van der Waals surface area contributed by atoms with E-state index in [-0.39, 0.29) is 42.5 Å². The van der Waals surface area contributed by atoms with Gasteiger partial charge in [0.1, 0.15) is 29.7 Å². The highest BCUT2D eigenvalue weighted by Crippen LogP contribution is 2.41. The van der Waals surface area contributed by atoms with Crippen molar-refractivity contribution in [3.05, 3.63) is 99.8 Å². The molecule has 0 aliphatic carbocycles. The Hall–Kier alpha value is -3.88. The zero-order chi connectivity index (χ0) is 26.5. The number of aliphatic hydroxyl groups excluding tert-OH is 1. The fraction of sp³-hybridized carbons (Fsp3) is 0.214. The highest BCUT2D eigenvalue weighted by atomic mass is 35.5. The van der Waals surface area contributed by atoms with Gasteiger partial charge in [0.15, 0.2) is 0 Å². The lowest BCUT2D eigenvalue weighted by Crippen LogP contribution is -2.32. The first-order valence-corrected chi connectivity index (χ1v) is 11.8. The number of hydrogen-bond donors (Lipinski definition) is 1. The average Bonchev–Trinajstić information content (AvgIpc) is 3.16. The van der Waals surface area contributed by atoms with Crippen molar-refractivity contribution in [1.82, 2.24) is 4.90 Å². The first kappa shape index (κ1) is 26.2. The summed E-state index contributed by atoms with van der Waals surface area (Å²) in [6.07, 6.45) is 0. The minimum absolute atomic E-state index is 0.0684. The van der Waals surface area contributed by atoms with Gasteiger partial charge in [-0.05, 0) is 53.6 Å². The third kappa shape index (κ3) is 5.60. The van der Waals surface area contributed by atoms with Crippen molar-refractivity contribution in [3.8, 4) is 11.5 Å². The minimum atomic E-state index is -0.883. The Morgan fingerprint density at radius 1 is 1.05 bits per heavy atom. The Balaban J connectivity index is 1.74. The highest BCUT2D eigenvalue weighted by Gasteiger charge is 2.46. The number of halogens is 2. The molecule has 0 spiro atoms. The van der Waals surface area contributed by atoms with Gasteiger partial charge in [0.2, 0.25) is 0 Å². The van der Waals surface area contributed by atoms with E-state index in [0.717, 1.165) is 5.56 Å². The maximum absolute atomic E-state index is 13.2. The molecule has 37 heavy (non-hydrogen) atoms. The molecule has 7 nitrogen and oxygen atoms in total. The van der Waals surface area contributed by atoms with Crippen LogP contribution in [0.4, 0.5) is 4.39 Å². The van der Waals surface area contributed by atoms with Crippen molar-refractivity contribution in [3.63, 3.8) is 0 Å². The van der Waals surface area contributed by atoms with Crippen LogP contribution in [0, 0.1) is 5.82 Å². The Morgan fingerprint density at radius 3 is 2.51 bits per heavy atom. The van der Waals surface area contributed by atoms with Gasteiger partial charge in [-0.25, -0.2) is 4.39 Å². The molecule has 1 aliphatic heterocycles. The first-order valence-electron chi connectivity index (χ1n) is 11.4. The molecule has 192 valence electrons. The third-order valence-electron chi connectivity index (χ3n) is 5.99. The molecule has 3 aromatic carbocycles. The Labute approximate surface area is 218 Å². The van der Waals surface area contributed by atoms with Crippen molar-refractivity contribution in [2.24, 2.45) is 0 Å². The predicted molar refractivity (Wildman–Crippen MR) is 136 cm³/mol. The SMILES string of the molecule is COCCN1C(=O)C(=O)/C(=C(\O)c2ccc(Cl)c(OC)c2)C1c1cccc(OCc2ccc(F)cc2)c1. The zero-order valence-corrected chi connectivity index (χ0v) is 21.0. The van der Waals surface area contributed by atoms with Crippen LogP contribution in [-0.2, 0) is 20.9 Å². The number of rotatable bonds is 9. The monoisotopic (exact) mass is 525 g/mol. The summed E-state index contributed by atoms with van der Waals surface area (Å²) >= 11 is 6.12. The number of hydrogen-bond acceptors (Lipinski definition) is 6. The molecular formula is C28H25ClFNO6. The summed E-state index contributed by atoms with van der Waals surface area (Å²) in [6.45, 7) is 0.518. The van der Waals surface area contributed by atoms with E-state index in [1.807, 2.05) is 0 Å². The van der Waals surface area contributed by atoms with Crippen LogP contribution < -0.4 is 9.47 Å². The maximum Gasteiger partial charge on any atom is 0.295 e. The third-order valence-corrected chi connectivity index (χ3v) is 6.31. The van der Waals surface area contributed by atoms with E-state index < -0.39 is 17.7 Å². The van der Waals surface area contributed by atoms with Crippen molar-refractivity contribution in [2.75, 3.05) is 27.4 Å². The van der Waals surface area contributed by atoms with Crippen LogP contribution in [0.15, 0.2) is 72.3 Å². The largest absolute Gasteiger partial charge is 0.507 e. The van der Waals surface area contributed by atoms with E-state index in [2.05, 4.69) is 0 Å². The molecule has 9 heteroatoms. The number of ketones is 1. The second-order valence-corrected chi connectivity index (χ2v) is 8.73. The Bertz CT molecular complexity index is 1340. The van der Waals surface area contributed by atoms with Crippen molar-refractivity contribution in [2.45, 2.75) is 12.6 Å². The normalized spacial score (nSPS) is 16.8. The summed E-state index contributed by atoms with van der Waals surface area (Å²) in [5, 5.41) is 11.6. The number of likely N-dealkylation sites (tertiary alicyclic amines) is 1. The van der Waals surface area contributed by atoms with Crippen LogP contribution in [0.3, 0.4) is 0 Å². The predicted octanol–water partition coefficient (Wildman–Crippen LogP) is 5.13. The summed E-state index contributed by atoms with van der Waals surface area (Å²) in [4.78, 5) is 27.5. The smallest absolute Gasteiger partial charge is 0.295 e. The molecule has 1 atom stereocenters. The molecule has 1 heterocycles. The van der Waals surface area contributed by atoms with Crippen LogP contribution in [0.5, 0.6) is 11.5 Å². The molecule has 1 unspecified atom stereocenters. The molecule has 1 N–H and O–H groups in total. The number of carbonyl (C=O) groups excluding carboxylic acids is 2. The molecule has 0 bridgehead atoms. The van der Waals surface area contributed by atoms with E-state index in [1.54, 1.807) is 42.5 Å². The lowest BCUT2D eigenvalue weighted by atomic mass is 9.95. The molecule has 1 fully saturated rings. The zero-order valence-electron chi connectivity index (χ0n) is 20.2. The first-order chi connectivity index (χ1) is 17.8. The van der Waals surface area contributed by atoms with Gasteiger partial charge in [0.25, 0.3) is 11.7 Å². The second kappa shape index (κ2) is 11.5. The molecule has 4 rings (SSSR count). The van der Waals surface area contributed by atoms with Gasteiger partial charge in [0, 0.05) is 19.2 Å². The van der Waals surface area contributed by atoms with E-state index in [1.165, 1.54) is 43.4 Å². The maximum atomic E-state index is 13.2. The van der Waals surface area contributed by atoms with E-state index in [4.69, 9.17) is 25.8 Å². The number of nitrogens with zero attached hydrogens (tertiary/aromatic N) is 1. The number of aliphatic hydroxyl groups is 1. The number of ether oxygens (including phenoxy) is 3. The molecule has 0 radical (unpaired) electrons. The summed E-state index contributed by atoms with van der Waals surface area (Å²) in [6, 6.07) is 16.6. The highest BCUT2D eigenvalue weighted by molar-refractivity contribution is 6.46. The lowest BCUT2D eigenvalue weighted by Gasteiger charge is -2.25. The van der Waals surface area contributed by atoms with Crippen LogP contribution in [-0.4, -0.2) is 49.1 Å². The number of carbonyl (C=O) groups is 2. The van der Waals surface area contributed by atoms with E-state index in [9.17, 15) is 19.1 Å². The van der Waals surface area contributed by atoms with Gasteiger partial charge in [-0.2, -0.15) is 0 Å². The van der Waals surface area contributed by atoms with Crippen molar-refractivity contribution < 1.29 is 33.3 Å². The summed E-state index contributed by atoms with van der Waals surface area (Å²) in [5.41, 5.74) is 1.55. The molecule has 0 aromatic heterocycles. The van der Waals surface area contributed by atoms with Gasteiger partial charge in [0.05, 0.1) is 30.4 Å². The summed E-state index contributed by atoms with van der Waals surface area (Å²) < 4.78 is 29.5. The minimum Gasteiger partial charge on any atom is -0.507 e. The van der Waals surface area contributed by atoms with Gasteiger partial charge >= 0.3 is 0 Å². The van der Waals surface area contributed by atoms with Gasteiger partial charge < -0.3 is 24.2 Å². The van der Waals surface area contributed by atoms with Crippen LogP contribution in [0.25, 0.3) is 5.76 Å². The fourth-order valence-electron chi connectivity index (χ4n) is 4.13. The van der Waals surface area contributed by atoms with Gasteiger partial charge in [-0.15, -0.1) is 0 Å². The fourth-order valence-corrected chi connectivity index (χ4v) is 4.33. The summed E-state index contributed by atoms with van der Waals surface area (Å²) in [5.74, 6) is -1.46. The van der Waals surface area contributed by atoms with Gasteiger partial charge in [-0.3, -0.25) is 9.59 Å². The van der Waals surface area contributed by atoms with Crippen LogP contribution in [0.1, 0.15) is 22.7 Å². The molecular weight excluding hydrogens is 501 g/mol. The Morgan fingerprint density at radius 2 is 1.81 bits per heavy atom. The molecule has 1 saturated heterocycles. The molecule has 1 aliphatic rings. The van der Waals surface area contributed by atoms with E-state index >= 15 is 0 Å². The number of methoxy groups -OCH3 is 2. The summed E-state index contributed by atoms with van der Waals surface area (Å²) in [7, 11) is 2.93. The molecule has 3 aromatic rings. The number of Topliss-reactive ketones (excluding diaryl/α,β-unsaturated/α-hetero) is 1. The quantitative estimate of drug-likeness (QED) is 0.237. The van der Waals surface area contributed by atoms with Gasteiger partial charge in [-0.1, -0.05) is 35.9 Å². The van der Waals surface area contributed by atoms with E-state index in [0.29, 0.717) is 22.1 Å². The number of amides is 1. The topological polar surface area (TPSA) is 85.3 Å². The van der Waals surface area contributed by atoms with Crippen molar-refractivity contribution >= 4 is 29.1 Å². The van der Waals surface area contributed by atoms with Crippen molar-refractivity contribution in [1.29, 1.82) is 0 Å². The number of benzene rings is 3. The average molecular weight is 526 g/mol. The van der Waals surface area contributed by atoms with Crippen LogP contribution >= 0.6 is 11.6 Å². The van der Waals surface area contributed by atoms with Crippen LogP contribution in [0.2, 0.25) is 5.02 Å². The standard InChI is InChI=1S/C28H25ClFNO6/c1-35-13-12-31-25(18-4-3-5-21(14-18)37-16-17-6-9-20(30)10-7-17)24(27(33)28(31)34)26(32)19-8-11-22(29)23(15-19)36-2/h3-11,14-15,25,32H,12-13,16H2,1-2H3/b26-24-. The molecule has 0 saturated carbocycles. The Kier molecular flexibility index (Phi) is 8.11. The lowest BCUT2D eigenvalue weighted by molar-refractivity contribution is -0.140. The second-order valence-electron chi connectivity index (χ2n) is 8.32.